The summed E-state index contributed by atoms with van der Waals surface area (Å²) in [5.41, 5.74) is 5.73. The lowest BCUT2D eigenvalue weighted by atomic mass is 9.72. The summed E-state index contributed by atoms with van der Waals surface area (Å²) in [5.74, 6) is 0.00673. The van der Waals surface area contributed by atoms with Gasteiger partial charge in [-0.1, -0.05) is 30.3 Å². The Kier molecular flexibility index (Phi) is 4.15. The SMILES string of the molecule is NC(=O)Cn1nnnc1C1(c2ccccc2)CCN(C(=O)O)CC1. The van der Waals surface area contributed by atoms with Crippen molar-refractivity contribution in [1.82, 2.24) is 25.1 Å². The fourth-order valence-electron chi connectivity index (χ4n) is 3.28. The molecule has 1 aliphatic heterocycles. The standard InChI is InChI=1S/C15H18N6O3/c16-12(22)10-21-13(17-18-19-21)15(11-4-2-1-3-5-11)6-8-20(9-7-15)14(23)24/h1-5H,6-10H2,(H2,16,22)(H,23,24). The van der Waals surface area contributed by atoms with Crippen LogP contribution in [0.3, 0.4) is 0 Å². The molecule has 0 radical (unpaired) electrons. The summed E-state index contributed by atoms with van der Waals surface area (Å²) >= 11 is 0. The van der Waals surface area contributed by atoms with Gasteiger partial charge < -0.3 is 15.7 Å². The van der Waals surface area contributed by atoms with E-state index in [0.717, 1.165) is 5.56 Å². The summed E-state index contributed by atoms with van der Waals surface area (Å²) in [7, 11) is 0. The van der Waals surface area contributed by atoms with Crippen LogP contribution in [0.15, 0.2) is 30.3 Å². The minimum atomic E-state index is -0.937. The second kappa shape index (κ2) is 6.26. The highest BCUT2D eigenvalue weighted by atomic mass is 16.4. The number of piperidine rings is 1. The number of likely N-dealkylation sites (tertiary alicyclic amines) is 1. The molecule has 0 saturated carbocycles. The van der Waals surface area contributed by atoms with Crippen LogP contribution in [0.2, 0.25) is 0 Å². The number of nitrogens with two attached hydrogens (primary N) is 1. The molecule has 1 aromatic carbocycles. The van der Waals surface area contributed by atoms with E-state index in [-0.39, 0.29) is 6.54 Å². The van der Waals surface area contributed by atoms with Gasteiger partial charge in [0.1, 0.15) is 6.54 Å². The number of aromatic nitrogens is 4. The Hall–Kier alpha value is -2.97. The third-order valence-corrected chi connectivity index (χ3v) is 4.48. The van der Waals surface area contributed by atoms with E-state index in [4.69, 9.17) is 5.73 Å². The van der Waals surface area contributed by atoms with Gasteiger partial charge in [-0.3, -0.25) is 4.79 Å². The minimum Gasteiger partial charge on any atom is -0.465 e. The average Bonchev–Trinajstić information content (AvgIpc) is 3.03. The van der Waals surface area contributed by atoms with Gasteiger partial charge in [-0.15, -0.1) is 5.10 Å². The minimum absolute atomic E-state index is 0.112. The first kappa shape index (κ1) is 15.9. The zero-order chi connectivity index (χ0) is 17.2. The molecule has 1 saturated heterocycles. The van der Waals surface area contributed by atoms with Crippen LogP contribution in [0.4, 0.5) is 4.79 Å². The first-order chi connectivity index (χ1) is 11.5. The van der Waals surface area contributed by atoms with Gasteiger partial charge in [0.15, 0.2) is 5.82 Å². The molecule has 2 aromatic rings. The van der Waals surface area contributed by atoms with Crippen LogP contribution in [0.5, 0.6) is 0 Å². The van der Waals surface area contributed by atoms with Crippen LogP contribution in [0.25, 0.3) is 0 Å². The maximum atomic E-state index is 11.3. The van der Waals surface area contributed by atoms with Crippen LogP contribution in [0.1, 0.15) is 24.2 Å². The molecule has 2 amide bonds. The molecule has 126 valence electrons. The Morgan fingerprint density at radius 1 is 1.21 bits per heavy atom. The van der Waals surface area contributed by atoms with Gasteiger partial charge in [-0.2, -0.15) is 0 Å². The summed E-state index contributed by atoms with van der Waals surface area (Å²) in [5, 5.41) is 20.9. The number of nitrogens with zero attached hydrogens (tertiary/aromatic N) is 5. The van der Waals surface area contributed by atoms with Crippen LogP contribution in [-0.2, 0) is 16.8 Å². The zero-order valence-corrected chi connectivity index (χ0v) is 13.0. The molecule has 3 rings (SSSR count). The van der Waals surface area contributed by atoms with Crippen molar-refractivity contribution in [2.45, 2.75) is 24.8 Å². The molecule has 2 heterocycles. The molecule has 9 nitrogen and oxygen atoms in total. The van der Waals surface area contributed by atoms with Gasteiger partial charge in [0.25, 0.3) is 0 Å². The average molecular weight is 330 g/mol. The van der Waals surface area contributed by atoms with Crippen molar-refractivity contribution >= 4 is 12.0 Å². The third kappa shape index (κ3) is 2.80. The number of benzene rings is 1. The predicted molar refractivity (Wildman–Crippen MR) is 83.1 cm³/mol. The number of amides is 2. The van der Waals surface area contributed by atoms with E-state index in [1.165, 1.54) is 9.58 Å². The summed E-state index contributed by atoms with van der Waals surface area (Å²) in [4.78, 5) is 23.9. The van der Waals surface area contributed by atoms with Gasteiger partial charge in [0.2, 0.25) is 5.91 Å². The van der Waals surface area contributed by atoms with Gasteiger partial charge >= 0.3 is 6.09 Å². The molecule has 24 heavy (non-hydrogen) atoms. The highest BCUT2D eigenvalue weighted by Crippen LogP contribution is 2.40. The lowest BCUT2D eigenvalue weighted by Gasteiger charge is -2.40. The lowest BCUT2D eigenvalue weighted by molar-refractivity contribution is -0.118. The summed E-state index contributed by atoms with van der Waals surface area (Å²) in [6, 6.07) is 9.70. The number of hydrogen-bond donors (Lipinski definition) is 2. The van der Waals surface area contributed by atoms with Gasteiger partial charge in [-0.05, 0) is 28.8 Å². The molecule has 9 heteroatoms. The maximum absolute atomic E-state index is 11.3. The smallest absolute Gasteiger partial charge is 0.407 e. The number of carbonyl (C=O) groups is 2. The van der Waals surface area contributed by atoms with E-state index in [0.29, 0.717) is 31.8 Å². The van der Waals surface area contributed by atoms with Crippen LogP contribution < -0.4 is 5.73 Å². The predicted octanol–water partition coefficient (Wildman–Crippen LogP) is 0.218. The molecule has 0 atom stereocenters. The van der Waals surface area contributed by atoms with Gasteiger partial charge in [0.05, 0.1) is 5.41 Å². The van der Waals surface area contributed by atoms with Gasteiger partial charge in [0, 0.05) is 13.1 Å². The first-order valence-corrected chi connectivity index (χ1v) is 7.61. The van der Waals surface area contributed by atoms with E-state index in [2.05, 4.69) is 15.5 Å². The normalized spacial score (nSPS) is 16.8. The second-order valence-electron chi connectivity index (χ2n) is 5.84. The largest absolute Gasteiger partial charge is 0.465 e. The Balaban J connectivity index is 2.03. The summed E-state index contributed by atoms with van der Waals surface area (Å²) in [6.07, 6.45) is 0.124. The Labute approximate surface area is 138 Å². The van der Waals surface area contributed by atoms with Gasteiger partial charge in [-0.25, -0.2) is 9.48 Å². The van der Waals surface area contributed by atoms with E-state index in [9.17, 15) is 14.7 Å². The first-order valence-electron chi connectivity index (χ1n) is 7.61. The fourth-order valence-corrected chi connectivity index (χ4v) is 3.28. The van der Waals surface area contributed by atoms with Crippen molar-refractivity contribution in [2.24, 2.45) is 5.73 Å². The Bertz CT molecular complexity index is 737. The number of carboxylic acid groups (broad SMARTS) is 1. The number of carbonyl (C=O) groups excluding carboxylic acids is 1. The van der Waals surface area contributed by atoms with E-state index in [1.54, 1.807) is 0 Å². The van der Waals surface area contributed by atoms with Crippen LogP contribution in [-0.4, -0.2) is 55.3 Å². The molecule has 0 spiro atoms. The number of tetrazole rings is 1. The topological polar surface area (TPSA) is 127 Å². The fraction of sp³-hybridized carbons (Fsp3) is 0.400. The summed E-state index contributed by atoms with van der Waals surface area (Å²) < 4.78 is 1.41. The van der Waals surface area contributed by atoms with E-state index < -0.39 is 17.4 Å². The molecule has 1 fully saturated rings. The molecule has 0 aliphatic carbocycles. The van der Waals surface area contributed by atoms with Crippen molar-refractivity contribution in [3.8, 4) is 0 Å². The highest BCUT2D eigenvalue weighted by molar-refractivity contribution is 5.73. The monoisotopic (exact) mass is 330 g/mol. The lowest BCUT2D eigenvalue weighted by Crippen LogP contribution is -2.46. The van der Waals surface area contributed by atoms with E-state index >= 15 is 0 Å². The third-order valence-electron chi connectivity index (χ3n) is 4.48. The Morgan fingerprint density at radius 3 is 2.46 bits per heavy atom. The quantitative estimate of drug-likeness (QED) is 0.825. The molecule has 1 aliphatic rings. The van der Waals surface area contributed by atoms with Crippen molar-refractivity contribution in [2.75, 3.05) is 13.1 Å². The molecule has 3 N–H and O–H groups in total. The number of hydrogen-bond acceptors (Lipinski definition) is 5. The summed E-state index contributed by atoms with van der Waals surface area (Å²) in [6.45, 7) is 0.626. The number of rotatable bonds is 4. The second-order valence-corrected chi connectivity index (χ2v) is 5.84. The van der Waals surface area contributed by atoms with Crippen molar-refractivity contribution in [3.05, 3.63) is 41.7 Å². The van der Waals surface area contributed by atoms with Crippen LogP contribution >= 0.6 is 0 Å². The van der Waals surface area contributed by atoms with Crippen molar-refractivity contribution < 1.29 is 14.7 Å². The van der Waals surface area contributed by atoms with Crippen molar-refractivity contribution in [1.29, 1.82) is 0 Å². The van der Waals surface area contributed by atoms with Crippen LogP contribution in [0, 0.1) is 0 Å². The Morgan fingerprint density at radius 2 is 1.88 bits per heavy atom. The molecule has 0 unspecified atom stereocenters. The highest BCUT2D eigenvalue weighted by Gasteiger charge is 2.43. The molecular formula is C15H18N6O3. The molecule has 1 aromatic heterocycles. The maximum Gasteiger partial charge on any atom is 0.407 e. The zero-order valence-electron chi connectivity index (χ0n) is 13.0. The van der Waals surface area contributed by atoms with E-state index in [1.807, 2.05) is 30.3 Å². The number of primary amides is 1. The molecular weight excluding hydrogens is 312 g/mol. The van der Waals surface area contributed by atoms with Crippen molar-refractivity contribution in [3.63, 3.8) is 0 Å². The molecule has 0 bridgehead atoms.